The lowest BCUT2D eigenvalue weighted by Gasteiger charge is -2.36. The van der Waals surface area contributed by atoms with Gasteiger partial charge in [-0.3, -0.25) is 9.69 Å². The highest BCUT2D eigenvalue weighted by atomic mass is 16.4. The third-order valence-corrected chi connectivity index (χ3v) is 3.39. The van der Waals surface area contributed by atoms with Crippen LogP contribution >= 0.6 is 0 Å². The molecular weight excluding hydrogens is 248 g/mol. The van der Waals surface area contributed by atoms with E-state index < -0.39 is 5.97 Å². The first-order valence-electron chi connectivity index (χ1n) is 6.30. The zero-order valence-corrected chi connectivity index (χ0v) is 11.1. The molecule has 1 aromatic rings. The second kappa shape index (κ2) is 5.40. The highest BCUT2D eigenvalue weighted by molar-refractivity contribution is 6.02. The molecule has 0 aromatic carbocycles. The van der Waals surface area contributed by atoms with E-state index in [-0.39, 0.29) is 17.3 Å². The van der Waals surface area contributed by atoms with Crippen molar-refractivity contribution in [1.82, 2.24) is 19.8 Å². The van der Waals surface area contributed by atoms with Crippen molar-refractivity contribution in [3.05, 3.63) is 17.7 Å². The molecule has 19 heavy (non-hydrogen) atoms. The van der Waals surface area contributed by atoms with Gasteiger partial charge >= 0.3 is 5.97 Å². The van der Waals surface area contributed by atoms with Crippen molar-refractivity contribution in [2.24, 2.45) is 0 Å². The van der Waals surface area contributed by atoms with E-state index in [4.69, 9.17) is 5.11 Å². The predicted molar refractivity (Wildman–Crippen MR) is 68.2 cm³/mol. The monoisotopic (exact) mass is 266 g/mol. The van der Waals surface area contributed by atoms with Crippen LogP contribution in [-0.4, -0.2) is 69.0 Å². The molecule has 1 aromatic heterocycles. The van der Waals surface area contributed by atoms with Crippen LogP contribution in [0.15, 0.2) is 6.33 Å². The molecule has 0 spiro atoms. The van der Waals surface area contributed by atoms with Crippen molar-refractivity contribution in [3.8, 4) is 0 Å². The van der Waals surface area contributed by atoms with Gasteiger partial charge in [0.15, 0.2) is 11.4 Å². The van der Waals surface area contributed by atoms with Gasteiger partial charge in [0.05, 0.1) is 6.33 Å². The molecule has 0 aliphatic carbocycles. The summed E-state index contributed by atoms with van der Waals surface area (Å²) in [7, 11) is 0. The van der Waals surface area contributed by atoms with Crippen LogP contribution in [0, 0.1) is 0 Å². The summed E-state index contributed by atoms with van der Waals surface area (Å²) in [5, 5.41) is 8.97. The normalized spacial score (nSPS) is 16.9. The Balaban J connectivity index is 2.05. The van der Waals surface area contributed by atoms with Crippen LogP contribution in [0.3, 0.4) is 0 Å². The quantitative estimate of drug-likeness (QED) is 0.820. The minimum absolute atomic E-state index is 0.00880. The highest BCUT2D eigenvalue weighted by Gasteiger charge is 2.27. The average Bonchev–Trinajstić information content (AvgIpc) is 2.87. The number of nitrogens with zero attached hydrogens (tertiary/aromatic N) is 3. The summed E-state index contributed by atoms with van der Waals surface area (Å²) in [6, 6.07) is 0.456. The minimum atomic E-state index is -1.17. The average molecular weight is 266 g/mol. The fourth-order valence-electron chi connectivity index (χ4n) is 2.21. The lowest BCUT2D eigenvalue weighted by Crippen LogP contribution is -2.50. The van der Waals surface area contributed by atoms with Gasteiger partial charge in [-0.25, -0.2) is 9.78 Å². The van der Waals surface area contributed by atoms with Gasteiger partial charge in [-0.05, 0) is 13.8 Å². The number of carboxylic acid groups (broad SMARTS) is 1. The number of imidazole rings is 1. The number of hydrogen-bond donors (Lipinski definition) is 2. The zero-order valence-electron chi connectivity index (χ0n) is 11.1. The van der Waals surface area contributed by atoms with Crippen molar-refractivity contribution in [3.63, 3.8) is 0 Å². The number of piperazine rings is 1. The minimum Gasteiger partial charge on any atom is -0.477 e. The second-order valence-electron chi connectivity index (χ2n) is 4.85. The molecule has 0 unspecified atom stereocenters. The topological polar surface area (TPSA) is 89.5 Å². The third-order valence-electron chi connectivity index (χ3n) is 3.39. The van der Waals surface area contributed by atoms with E-state index in [1.165, 1.54) is 6.33 Å². The summed E-state index contributed by atoms with van der Waals surface area (Å²) >= 11 is 0. The molecule has 1 aliphatic rings. The molecule has 2 rings (SSSR count). The van der Waals surface area contributed by atoms with Crippen LogP contribution in [-0.2, 0) is 0 Å². The summed E-state index contributed by atoms with van der Waals surface area (Å²) < 4.78 is 0. The van der Waals surface area contributed by atoms with E-state index in [9.17, 15) is 9.59 Å². The number of aromatic nitrogens is 2. The fraction of sp³-hybridized carbons (Fsp3) is 0.583. The maximum absolute atomic E-state index is 12.2. The van der Waals surface area contributed by atoms with Crippen LogP contribution in [0.4, 0.5) is 0 Å². The Morgan fingerprint density at radius 2 is 1.95 bits per heavy atom. The zero-order chi connectivity index (χ0) is 14.0. The first-order valence-corrected chi connectivity index (χ1v) is 6.30. The Labute approximate surface area is 111 Å². The van der Waals surface area contributed by atoms with E-state index >= 15 is 0 Å². The number of carbonyl (C=O) groups is 2. The van der Waals surface area contributed by atoms with Gasteiger partial charge in [-0.2, -0.15) is 0 Å². The lowest BCUT2D eigenvalue weighted by molar-refractivity contribution is 0.0576. The Morgan fingerprint density at radius 3 is 2.47 bits per heavy atom. The molecule has 0 radical (unpaired) electrons. The van der Waals surface area contributed by atoms with E-state index in [2.05, 4.69) is 28.7 Å². The number of carboxylic acids is 1. The van der Waals surface area contributed by atoms with E-state index in [0.717, 1.165) is 13.1 Å². The Hall–Kier alpha value is -1.89. The van der Waals surface area contributed by atoms with Gasteiger partial charge in [-0.15, -0.1) is 0 Å². The van der Waals surface area contributed by atoms with Crippen LogP contribution in [0.5, 0.6) is 0 Å². The molecule has 2 N–H and O–H groups in total. The van der Waals surface area contributed by atoms with Gasteiger partial charge < -0.3 is 15.0 Å². The van der Waals surface area contributed by atoms with Crippen LogP contribution in [0.1, 0.15) is 34.8 Å². The van der Waals surface area contributed by atoms with Gasteiger partial charge in [-0.1, -0.05) is 0 Å². The number of amides is 1. The summed E-state index contributed by atoms with van der Waals surface area (Å²) in [5.74, 6) is -1.48. The van der Waals surface area contributed by atoms with Crippen molar-refractivity contribution >= 4 is 11.9 Å². The fourth-order valence-corrected chi connectivity index (χ4v) is 2.21. The molecule has 1 amide bonds. The number of aromatic carboxylic acids is 1. The highest BCUT2D eigenvalue weighted by Crippen LogP contribution is 2.11. The first kappa shape index (κ1) is 13.5. The number of hydrogen-bond acceptors (Lipinski definition) is 4. The number of nitrogens with one attached hydrogen (secondary N) is 1. The number of carbonyl (C=O) groups excluding carboxylic acids is 1. The first-order chi connectivity index (χ1) is 9.00. The number of aromatic amines is 1. The van der Waals surface area contributed by atoms with Gasteiger partial charge in [0.25, 0.3) is 5.91 Å². The molecule has 0 bridgehead atoms. The maximum Gasteiger partial charge on any atom is 0.354 e. The summed E-state index contributed by atoms with van der Waals surface area (Å²) in [6.07, 6.45) is 1.24. The molecule has 1 saturated heterocycles. The molecule has 7 nitrogen and oxygen atoms in total. The van der Waals surface area contributed by atoms with Crippen LogP contribution in [0.2, 0.25) is 0 Å². The maximum atomic E-state index is 12.2. The molecule has 2 heterocycles. The molecule has 7 heteroatoms. The second-order valence-corrected chi connectivity index (χ2v) is 4.85. The molecule has 104 valence electrons. The number of H-pyrrole nitrogens is 1. The molecule has 0 saturated carbocycles. The standard InChI is InChI=1S/C12H18N4O3/c1-8(2)15-3-5-16(6-4-15)11(17)9-10(12(18)19)14-7-13-9/h7-8H,3-6H2,1-2H3,(H,13,14)(H,18,19). The van der Waals surface area contributed by atoms with Crippen molar-refractivity contribution in [1.29, 1.82) is 0 Å². The summed E-state index contributed by atoms with van der Waals surface area (Å²) in [4.78, 5) is 33.4. The van der Waals surface area contributed by atoms with Gasteiger partial charge in [0.2, 0.25) is 0 Å². The molecule has 0 atom stereocenters. The van der Waals surface area contributed by atoms with Gasteiger partial charge in [0.1, 0.15) is 0 Å². The van der Waals surface area contributed by atoms with Crippen molar-refractivity contribution in [2.75, 3.05) is 26.2 Å². The smallest absolute Gasteiger partial charge is 0.354 e. The largest absolute Gasteiger partial charge is 0.477 e. The van der Waals surface area contributed by atoms with Crippen LogP contribution < -0.4 is 0 Å². The summed E-state index contributed by atoms with van der Waals surface area (Å²) in [5.41, 5.74) is -0.151. The van der Waals surface area contributed by atoms with Gasteiger partial charge in [0, 0.05) is 32.2 Å². The predicted octanol–water partition coefficient (Wildman–Crippen LogP) is 0.274. The SMILES string of the molecule is CC(C)N1CCN(C(=O)c2nc[nH]c2C(=O)O)CC1. The lowest BCUT2D eigenvalue weighted by atomic mass is 10.2. The van der Waals surface area contributed by atoms with Crippen LogP contribution in [0.25, 0.3) is 0 Å². The molecule has 1 aliphatic heterocycles. The Kier molecular flexibility index (Phi) is 3.84. The van der Waals surface area contributed by atoms with E-state index in [0.29, 0.717) is 19.1 Å². The van der Waals surface area contributed by atoms with Crippen molar-refractivity contribution < 1.29 is 14.7 Å². The Bertz CT molecular complexity index is 475. The summed E-state index contributed by atoms with van der Waals surface area (Å²) in [6.45, 7) is 7.04. The van der Waals surface area contributed by atoms with E-state index in [1.807, 2.05) is 0 Å². The Morgan fingerprint density at radius 1 is 1.32 bits per heavy atom. The number of rotatable bonds is 3. The molecule has 1 fully saturated rings. The van der Waals surface area contributed by atoms with E-state index in [1.54, 1.807) is 4.90 Å². The molecular formula is C12H18N4O3. The third kappa shape index (κ3) is 2.76. The van der Waals surface area contributed by atoms with Crippen molar-refractivity contribution in [2.45, 2.75) is 19.9 Å².